The Morgan fingerprint density at radius 1 is 1.00 bits per heavy atom. The molecule has 3 aromatic carbocycles. The van der Waals surface area contributed by atoms with Gasteiger partial charge in [0, 0.05) is 24.2 Å². The molecule has 8 nitrogen and oxygen atoms in total. The molecule has 0 unspecified atom stereocenters. The lowest BCUT2D eigenvalue weighted by molar-refractivity contribution is 0.0724. The average Bonchev–Trinajstić information content (AvgIpc) is 2.94. The molecule has 37 heavy (non-hydrogen) atoms. The Kier molecular flexibility index (Phi) is 8.99. The highest BCUT2D eigenvalue weighted by Gasteiger charge is 2.18. The van der Waals surface area contributed by atoms with Crippen LogP contribution in [0.25, 0.3) is 0 Å². The van der Waals surface area contributed by atoms with Gasteiger partial charge in [-0.25, -0.2) is 5.43 Å². The van der Waals surface area contributed by atoms with Gasteiger partial charge in [0.15, 0.2) is 11.5 Å². The monoisotopic (exact) mass is 613 g/mol. The lowest BCUT2D eigenvalue weighted by Crippen LogP contribution is -2.35. The maximum Gasteiger partial charge on any atom is 0.271 e. The first-order valence-corrected chi connectivity index (χ1v) is 13.0. The van der Waals surface area contributed by atoms with Crippen molar-refractivity contribution in [2.24, 2.45) is 5.10 Å². The maximum atomic E-state index is 12.7. The molecule has 0 saturated carbocycles. The molecule has 0 aromatic heterocycles. The lowest BCUT2D eigenvalue weighted by atomic mass is 10.1. The number of carbonyl (C=O) groups excluding carboxylic acids is 2. The molecule has 1 aliphatic rings. The van der Waals surface area contributed by atoms with Crippen molar-refractivity contribution in [2.75, 3.05) is 20.2 Å². The molecule has 0 radical (unpaired) electrons. The second kappa shape index (κ2) is 12.6. The fourth-order valence-corrected chi connectivity index (χ4v) is 4.29. The van der Waals surface area contributed by atoms with Crippen molar-refractivity contribution in [1.29, 1.82) is 0 Å². The molecule has 1 aliphatic heterocycles. The third kappa shape index (κ3) is 7.00. The fraction of sp³-hybridized carbons (Fsp3) is 0.250. The Bertz CT molecular complexity index is 1290. The first kappa shape index (κ1) is 26.5. The Labute approximate surface area is 229 Å². The van der Waals surface area contributed by atoms with Crippen LogP contribution >= 0.6 is 22.6 Å². The van der Waals surface area contributed by atoms with Crippen LogP contribution in [0.15, 0.2) is 65.8 Å². The maximum absolute atomic E-state index is 12.7. The summed E-state index contributed by atoms with van der Waals surface area (Å²) in [5, 5.41) is 13.8. The number of hydrogen-bond donors (Lipinski definition) is 2. The van der Waals surface area contributed by atoms with Crippen molar-refractivity contribution in [1.82, 2.24) is 10.3 Å². The van der Waals surface area contributed by atoms with Gasteiger partial charge in [-0.15, -0.1) is 0 Å². The number of carbonyl (C=O) groups is 2. The Morgan fingerprint density at radius 3 is 2.43 bits per heavy atom. The van der Waals surface area contributed by atoms with Crippen LogP contribution in [0, 0.1) is 3.57 Å². The summed E-state index contributed by atoms with van der Waals surface area (Å²) >= 11 is 1.98. The van der Waals surface area contributed by atoms with Crippen LogP contribution in [0.4, 0.5) is 0 Å². The smallest absolute Gasteiger partial charge is 0.271 e. The van der Waals surface area contributed by atoms with E-state index in [2.05, 4.69) is 10.5 Å². The number of likely N-dealkylation sites (tertiary alicyclic amines) is 1. The number of hydrogen-bond acceptors (Lipinski definition) is 6. The number of nitrogens with zero attached hydrogens (tertiary/aromatic N) is 2. The molecule has 0 spiro atoms. The third-order valence-corrected chi connectivity index (χ3v) is 6.93. The quantitative estimate of drug-likeness (QED) is 0.212. The second-order valence-electron chi connectivity index (χ2n) is 8.61. The summed E-state index contributed by atoms with van der Waals surface area (Å²) in [6, 6.07) is 17.5. The normalized spacial score (nSPS) is 13.4. The van der Waals surface area contributed by atoms with E-state index in [-0.39, 0.29) is 11.7 Å². The van der Waals surface area contributed by atoms with E-state index < -0.39 is 5.91 Å². The summed E-state index contributed by atoms with van der Waals surface area (Å²) < 4.78 is 12.1. The van der Waals surface area contributed by atoms with Crippen molar-refractivity contribution in [3.05, 3.63) is 86.5 Å². The highest BCUT2D eigenvalue weighted by molar-refractivity contribution is 14.1. The number of rotatable bonds is 8. The van der Waals surface area contributed by atoms with E-state index in [1.54, 1.807) is 37.4 Å². The number of halogens is 1. The van der Waals surface area contributed by atoms with Crippen molar-refractivity contribution >= 4 is 40.6 Å². The number of phenolic OH excluding ortho intramolecular Hbond substituents is 1. The number of phenols is 1. The van der Waals surface area contributed by atoms with Gasteiger partial charge in [-0.3, -0.25) is 9.59 Å². The number of methoxy groups -OCH3 is 1. The minimum atomic E-state index is -0.432. The molecule has 4 rings (SSSR count). The molecule has 192 valence electrons. The molecule has 0 atom stereocenters. The summed E-state index contributed by atoms with van der Waals surface area (Å²) in [4.78, 5) is 26.8. The van der Waals surface area contributed by atoms with Gasteiger partial charge in [-0.1, -0.05) is 12.1 Å². The first-order valence-electron chi connectivity index (χ1n) is 12.0. The van der Waals surface area contributed by atoms with Crippen molar-refractivity contribution < 1.29 is 24.2 Å². The predicted molar refractivity (Wildman–Crippen MR) is 149 cm³/mol. The molecule has 2 N–H and O–H groups in total. The summed E-state index contributed by atoms with van der Waals surface area (Å²) in [5.74, 6) is 0.776. The van der Waals surface area contributed by atoms with Gasteiger partial charge in [0.2, 0.25) is 0 Å². The van der Waals surface area contributed by atoms with Crippen LogP contribution in [-0.2, 0) is 6.61 Å². The van der Waals surface area contributed by atoms with E-state index in [0.717, 1.165) is 31.5 Å². The van der Waals surface area contributed by atoms with Gasteiger partial charge in [0.25, 0.3) is 11.8 Å². The largest absolute Gasteiger partial charge is 0.507 e. The molecule has 1 heterocycles. The van der Waals surface area contributed by atoms with E-state index in [4.69, 9.17) is 9.47 Å². The van der Waals surface area contributed by atoms with Crippen LogP contribution in [0.3, 0.4) is 0 Å². The Morgan fingerprint density at radius 2 is 1.73 bits per heavy atom. The van der Waals surface area contributed by atoms with Gasteiger partial charge in [0.1, 0.15) is 12.4 Å². The van der Waals surface area contributed by atoms with Crippen LogP contribution in [-0.4, -0.2) is 48.2 Å². The number of piperidine rings is 1. The molecular weight excluding hydrogens is 585 g/mol. The molecule has 9 heteroatoms. The van der Waals surface area contributed by atoms with E-state index in [1.165, 1.54) is 18.7 Å². The lowest BCUT2D eigenvalue weighted by Gasteiger charge is -2.26. The molecular formula is C28H28IN3O5. The van der Waals surface area contributed by atoms with Crippen LogP contribution in [0.1, 0.15) is 51.1 Å². The first-order chi connectivity index (χ1) is 17.9. The highest BCUT2D eigenvalue weighted by Crippen LogP contribution is 2.28. The van der Waals surface area contributed by atoms with E-state index in [1.807, 2.05) is 51.8 Å². The van der Waals surface area contributed by atoms with Crippen molar-refractivity contribution in [3.8, 4) is 17.2 Å². The minimum absolute atomic E-state index is 0.0411. The predicted octanol–water partition coefficient (Wildman–Crippen LogP) is 4.97. The zero-order valence-corrected chi connectivity index (χ0v) is 22.6. The highest BCUT2D eigenvalue weighted by atomic mass is 127. The number of ether oxygens (including phenoxy) is 2. The third-order valence-electron chi connectivity index (χ3n) is 6.01. The molecule has 2 amide bonds. The van der Waals surface area contributed by atoms with E-state index in [0.29, 0.717) is 38.4 Å². The van der Waals surface area contributed by atoms with Crippen molar-refractivity contribution in [3.63, 3.8) is 0 Å². The number of aromatic hydroxyl groups is 1. The van der Waals surface area contributed by atoms with Crippen LogP contribution < -0.4 is 14.9 Å². The fourth-order valence-electron chi connectivity index (χ4n) is 3.95. The molecule has 0 bridgehead atoms. The molecule has 1 fully saturated rings. The standard InChI is InChI=1S/C28H28IN3O5/c1-36-26-15-20(17-30-31-27(34)22-10-11-23(29)24(33)16-22)7-12-25(26)37-18-19-5-8-21(9-6-19)28(35)32-13-3-2-4-14-32/h5-12,15-17,33H,2-4,13-14,18H2,1H3,(H,31,34)/b30-17-. The van der Waals surface area contributed by atoms with E-state index >= 15 is 0 Å². The topological polar surface area (TPSA) is 100 Å². The van der Waals surface area contributed by atoms with Crippen LogP contribution in [0.5, 0.6) is 17.2 Å². The van der Waals surface area contributed by atoms with Gasteiger partial charge in [-0.2, -0.15) is 5.10 Å². The average molecular weight is 613 g/mol. The summed E-state index contributed by atoms with van der Waals surface area (Å²) in [7, 11) is 1.55. The Hall–Kier alpha value is -3.60. The zero-order chi connectivity index (χ0) is 26.2. The second-order valence-corrected chi connectivity index (χ2v) is 9.78. The van der Waals surface area contributed by atoms with Crippen molar-refractivity contribution in [2.45, 2.75) is 25.9 Å². The van der Waals surface area contributed by atoms with Gasteiger partial charge < -0.3 is 19.5 Å². The summed E-state index contributed by atoms with van der Waals surface area (Å²) in [6.07, 6.45) is 4.82. The number of amides is 2. The van der Waals surface area contributed by atoms with Crippen LogP contribution in [0.2, 0.25) is 0 Å². The van der Waals surface area contributed by atoms with Gasteiger partial charge in [-0.05, 0) is 102 Å². The molecule has 1 saturated heterocycles. The zero-order valence-electron chi connectivity index (χ0n) is 20.4. The molecule has 3 aromatic rings. The summed E-state index contributed by atoms with van der Waals surface area (Å²) in [6.45, 7) is 1.97. The number of benzene rings is 3. The van der Waals surface area contributed by atoms with E-state index in [9.17, 15) is 14.7 Å². The number of nitrogens with one attached hydrogen (secondary N) is 1. The summed E-state index contributed by atoms with van der Waals surface area (Å²) in [5.41, 5.74) is 5.08. The number of hydrazone groups is 1. The van der Waals surface area contributed by atoms with Gasteiger partial charge >= 0.3 is 0 Å². The molecule has 0 aliphatic carbocycles. The van der Waals surface area contributed by atoms with Gasteiger partial charge in [0.05, 0.1) is 16.9 Å². The SMILES string of the molecule is COc1cc(/C=N\NC(=O)c2ccc(I)c(O)c2)ccc1OCc1ccc(C(=O)N2CCCCC2)cc1. The Balaban J connectivity index is 1.33. The minimum Gasteiger partial charge on any atom is -0.507 e.